The van der Waals surface area contributed by atoms with Crippen molar-refractivity contribution in [2.75, 3.05) is 0 Å². The lowest BCUT2D eigenvalue weighted by Gasteiger charge is -2.06. The molecule has 0 radical (unpaired) electrons. The van der Waals surface area contributed by atoms with E-state index in [1.54, 1.807) is 18.2 Å². The number of carbonyl (C=O) groups is 2. The second-order valence-corrected chi connectivity index (χ2v) is 8.77. The van der Waals surface area contributed by atoms with Gasteiger partial charge in [0.05, 0.1) is 5.56 Å². The highest BCUT2D eigenvalue weighted by Crippen LogP contribution is 2.22. The molecule has 3 rings (SSSR count). The molecule has 1 saturated heterocycles. The van der Waals surface area contributed by atoms with Crippen LogP contribution in [-0.4, -0.2) is 24.4 Å². The fourth-order valence-corrected chi connectivity index (χ4v) is 3.74. The van der Waals surface area contributed by atoms with Gasteiger partial charge >= 0.3 is 12.1 Å². The van der Waals surface area contributed by atoms with Crippen LogP contribution >= 0.6 is 0 Å². The molecule has 0 spiro atoms. The first-order valence-corrected chi connectivity index (χ1v) is 12.4. The molecule has 1 amide bonds. The quantitative estimate of drug-likeness (QED) is 0.131. The summed E-state index contributed by atoms with van der Waals surface area (Å²) in [4.78, 5) is 24.2. The highest BCUT2D eigenvalue weighted by atomic mass is 16.6. The topological polar surface area (TPSA) is 67.9 Å². The van der Waals surface area contributed by atoms with Gasteiger partial charge < -0.3 is 9.47 Å². The van der Waals surface area contributed by atoms with Gasteiger partial charge in [-0.2, -0.15) is 0 Å². The lowest BCUT2D eigenvalue weighted by molar-refractivity contribution is 0.0617. The van der Waals surface area contributed by atoms with Gasteiger partial charge in [-0.15, -0.1) is 0 Å². The van der Waals surface area contributed by atoms with Crippen molar-refractivity contribution >= 4 is 12.1 Å². The molecule has 1 aliphatic heterocycles. The number of unbranched alkanes of at least 4 members (excludes halogenated alkanes) is 8. The Morgan fingerprint density at radius 3 is 2.29 bits per heavy atom. The second kappa shape index (κ2) is 13.6. The minimum absolute atomic E-state index is 0.0540. The molecule has 1 heterocycles. The van der Waals surface area contributed by atoms with Crippen LogP contribution in [0.1, 0.15) is 87.6 Å². The summed E-state index contributed by atoms with van der Waals surface area (Å²) in [5.74, 6) is 5.85. The van der Waals surface area contributed by atoms with Gasteiger partial charge in [0.1, 0.15) is 6.10 Å². The van der Waals surface area contributed by atoms with E-state index in [0.717, 1.165) is 29.5 Å². The Hall–Kier alpha value is -3.10. The zero-order chi connectivity index (χ0) is 24.2. The number of carbonyl (C=O) groups excluding carboxylic acids is 2. The van der Waals surface area contributed by atoms with Crippen LogP contribution in [0.4, 0.5) is 4.79 Å². The van der Waals surface area contributed by atoms with E-state index in [9.17, 15) is 9.59 Å². The van der Waals surface area contributed by atoms with Crippen molar-refractivity contribution in [1.82, 2.24) is 5.32 Å². The van der Waals surface area contributed by atoms with Gasteiger partial charge in [-0.25, -0.2) is 9.59 Å². The maximum atomic E-state index is 12.4. The summed E-state index contributed by atoms with van der Waals surface area (Å²) in [5.41, 5.74) is 3.07. The van der Waals surface area contributed by atoms with E-state index >= 15 is 0 Å². The molecule has 180 valence electrons. The number of amides is 1. The molecule has 1 fully saturated rings. The summed E-state index contributed by atoms with van der Waals surface area (Å²) in [6.45, 7) is 4.07. The maximum absolute atomic E-state index is 12.4. The minimum atomic E-state index is -0.807. The Morgan fingerprint density at radius 1 is 0.941 bits per heavy atom. The van der Waals surface area contributed by atoms with E-state index in [4.69, 9.17) is 9.47 Å². The Labute approximate surface area is 203 Å². The van der Waals surface area contributed by atoms with Gasteiger partial charge in [0.15, 0.2) is 6.23 Å². The average molecular weight is 462 g/mol. The number of hydrogen-bond donors (Lipinski definition) is 1. The van der Waals surface area contributed by atoms with Crippen molar-refractivity contribution in [1.29, 1.82) is 0 Å². The fraction of sp³-hybridized carbons (Fsp3) is 0.448. The Morgan fingerprint density at radius 2 is 1.59 bits per heavy atom. The molecule has 2 aromatic carbocycles. The average Bonchev–Trinajstić information content (AvgIpc) is 3.54. The van der Waals surface area contributed by atoms with E-state index in [2.05, 4.69) is 24.1 Å². The fourth-order valence-electron chi connectivity index (χ4n) is 3.74. The second-order valence-electron chi connectivity index (χ2n) is 8.77. The molecule has 2 aromatic rings. The lowest BCUT2D eigenvalue weighted by Crippen LogP contribution is -2.30. The number of benzene rings is 2. The molecule has 1 aliphatic rings. The van der Waals surface area contributed by atoms with Crippen molar-refractivity contribution in [2.45, 2.75) is 84.0 Å². The van der Waals surface area contributed by atoms with Gasteiger partial charge in [-0.3, -0.25) is 5.32 Å². The van der Waals surface area contributed by atoms with E-state index in [1.807, 2.05) is 37.3 Å². The van der Waals surface area contributed by atoms with Crippen LogP contribution in [0.15, 0.2) is 48.5 Å². The number of epoxide rings is 1. The van der Waals surface area contributed by atoms with Gasteiger partial charge in [0.25, 0.3) is 0 Å². The van der Waals surface area contributed by atoms with Crippen LogP contribution in [-0.2, 0) is 9.47 Å². The first-order chi connectivity index (χ1) is 16.6. The van der Waals surface area contributed by atoms with Crippen molar-refractivity contribution in [3.63, 3.8) is 0 Å². The number of esters is 1. The molecule has 1 N–H and O–H groups in total. The number of alkyl carbamates (subject to hydrolysis) is 1. The predicted molar refractivity (Wildman–Crippen MR) is 134 cm³/mol. The van der Waals surface area contributed by atoms with Crippen LogP contribution in [0.3, 0.4) is 0 Å². The van der Waals surface area contributed by atoms with Crippen LogP contribution in [0.25, 0.3) is 11.1 Å². The van der Waals surface area contributed by atoms with E-state index in [-0.39, 0.29) is 12.3 Å². The van der Waals surface area contributed by atoms with Gasteiger partial charge in [-0.05, 0) is 48.7 Å². The molecule has 34 heavy (non-hydrogen) atoms. The van der Waals surface area contributed by atoms with E-state index in [0.29, 0.717) is 5.56 Å². The molecule has 5 nitrogen and oxygen atoms in total. The van der Waals surface area contributed by atoms with E-state index < -0.39 is 12.1 Å². The summed E-state index contributed by atoms with van der Waals surface area (Å²) in [7, 11) is 0. The van der Waals surface area contributed by atoms with E-state index in [1.165, 1.54) is 44.9 Å². The standard InChI is InChI=1S/C29H35NO4/c1-3-4-5-6-7-8-9-10-11-12-15-23-16-13-17-24(20-23)25-18-14-19-26(21-25)28(31)34-29(32)30-27-22(2)33-27/h13-14,16-22,27H,3-11H2,1-2H3,(H,30,32)/t22-,27+/m1/s1. The number of nitrogens with one attached hydrogen (secondary N) is 1. The summed E-state index contributed by atoms with van der Waals surface area (Å²) in [6.07, 6.45) is 10.1. The molecular formula is C29H35NO4. The molecule has 2 atom stereocenters. The minimum Gasteiger partial charge on any atom is -0.372 e. The third-order valence-electron chi connectivity index (χ3n) is 5.84. The van der Waals surface area contributed by atoms with Crippen molar-refractivity contribution < 1.29 is 19.1 Å². The summed E-state index contributed by atoms with van der Waals surface area (Å²) in [5, 5.41) is 2.48. The highest BCUT2D eigenvalue weighted by Gasteiger charge is 2.36. The number of ether oxygens (including phenoxy) is 2. The van der Waals surface area contributed by atoms with Crippen LogP contribution in [0.2, 0.25) is 0 Å². The Balaban J connectivity index is 1.49. The van der Waals surface area contributed by atoms with Crippen LogP contribution in [0.5, 0.6) is 0 Å². The zero-order valence-electron chi connectivity index (χ0n) is 20.3. The number of rotatable bonds is 11. The Bertz CT molecular complexity index is 1020. The third kappa shape index (κ3) is 8.68. The molecular weight excluding hydrogens is 426 g/mol. The van der Waals surface area contributed by atoms with Crippen molar-refractivity contribution in [2.24, 2.45) is 0 Å². The van der Waals surface area contributed by atoms with Crippen LogP contribution < -0.4 is 5.32 Å². The maximum Gasteiger partial charge on any atom is 0.417 e. The summed E-state index contributed by atoms with van der Waals surface area (Å²) in [6, 6.07) is 15.0. The van der Waals surface area contributed by atoms with Gasteiger partial charge in [0, 0.05) is 12.0 Å². The first-order valence-electron chi connectivity index (χ1n) is 12.4. The molecule has 0 aliphatic carbocycles. The smallest absolute Gasteiger partial charge is 0.372 e. The highest BCUT2D eigenvalue weighted by molar-refractivity contribution is 5.97. The lowest BCUT2D eigenvalue weighted by atomic mass is 10.0. The first kappa shape index (κ1) is 25.5. The van der Waals surface area contributed by atoms with Crippen LogP contribution in [0, 0.1) is 11.8 Å². The summed E-state index contributed by atoms with van der Waals surface area (Å²) >= 11 is 0. The third-order valence-corrected chi connectivity index (χ3v) is 5.84. The molecule has 0 bridgehead atoms. The molecule has 0 aromatic heterocycles. The van der Waals surface area contributed by atoms with Crippen molar-refractivity contribution in [3.8, 4) is 23.0 Å². The SMILES string of the molecule is CCCCCCCCCCC#Cc1cccc(-c2cccc(C(=O)OC(=O)N[C@H]3O[C@@H]3C)c2)c1. The Kier molecular flexibility index (Phi) is 10.2. The largest absolute Gasteiger partial charge is 0.417 e. The summed E-state index contributed by atoms with van der Waals surface area (Å²) < 4.78 is 9.97. The van der Waals surface area contributed by atoms with Gasteiger partial charge in [-0.1, -0.05) is 88.0 Å². The molecule has 0 unspecified atom stereocenters. The zero-order valence-corrected chi connectivity index (χ0v) is 20.3. The van der Waals surface area contributed by atoms with Crippen molar-refractivity contribution in [3.05, 3.63) is 59.7 Å². The molecule has 5 heteroatoms. The predicted octanol–water partition coefficient (Wildman–Crippen LogP) is 6.85. The van der Waals surface area contributed by atoms with Gasteiger partial charge in [0.2, 0.25) is 0 Å². The number of hydrogen-bond acceptors (Lipinski definition) is 4. The normalized spacial score (nSPS) is 16.3. The monoisotopic (exact) mass is 461 g/mol. The molecule has 0 saturated carbocycles.